The lowest BCUT2D eigenvalue weighted by molar-refractivity contribution is 0.603. The Morgan fingerprint density at radius 1 is 1.53 bits per heavy atom. The molecule has 3 nitrogen and oxygen atoms in total. The number of rotatable bonds is 4. The van der Waals surface area contributed by atoms with Gasteiger partial charge in [-0.25, -0.2) is 4.98 Å². The van der Waals surface area contributed by atoms with Crippen LogP contribution < -0.4 is 10.6 Å². The Hall–Kier alpha value is -1.25. The Kier molecular flexibility index (Phi) is 2.80. The highest BCUT2D eigenvalue weighted by atomic mass is 15.2. The van der Waals surface area contributed by atoms with Gasteiger partial charge in [-0.05, 0) is 30.9 Å². The van der Waals surface area contributed by atoms with Crippen molar-refractivity contribution < 1.29 is 0 Å². The fourth-order valence-electron chi connectivity index (χ4n) is 1.84. The van der Waals surface area contributed by atoms with Crippen molar-refractivity contribution in [1.82, 2.24) is 4.98 Å². The minimum absolute atomic E-state index is 0.645. The first-order valence-corrected chi connectivity index (χ1v) is 5.65. The maximum absolute atomic E-state index is 5.96. The van der Waals surface area contributed by atoms with Crippen LogP contribution >= 0.6 is 0 Å². The van der Waals surface area contributed by atoms with Crippen molar-refractivity contribution in [2.45, 2.75) is 32.7 Å². The number of pyridine rings is 1. The third-order valence-corrected chi connectivity index (χ3v) is 2.64. The summed E-state index contributed by atoms with van der Waals surface area (Å²) in [6.45, 7) is 5.51. The molecule has 1 saturated carbocycles. The third kappa shape index (κ3) is 2.41. The van der Waals surface area contributed by atoms with Gasteiger partial charge in [-0.2, -0.15) is 0 Å². The van der Waals surface area contributed by atoms with Gasteiger partial charge in [0, 0.05) is 18.8 Å². The molecule has 2 rings (SSSR count). The smallest absolute Gasteiger partial charge is 0.152 e. The lowest BCUT2D eigenvalue weighted by Crippen LogP contribution is -2.31. The minimum Gasteiger partial charge on any atom is -0.396 e. The van der Waals surface area contributed by atoms with Gasteiger partial charge in [0.05, 0.1) is 5.69 Å². The zero-order valence-corrected chi connectivity index (χ0v) is 9.48. The van der Waals surface area contributed by atoms with Crippen molar-refractivity contribution >= 4 is 11.5 Å². The van der Waals surface area contributed by atoms with Crippen LogP contribution in [-0.4, -0.2) is 17.6 Å². The molecule has 3 heteroatoms. The standard InChI is InChI=1S/C12H19N3/c1-9(2)8-15(10-5-6-10)12-11(13)4-3-7-14-12/h3-4,7,9-10H,5-6,8,13H2,1-2H3. The maximum atomic E-state index is 5.96. The van der Waals surface area contributed by atoms with Crippen LogP contribution in [0.25, 0.3) is 0 Å². The monoisotopic (exact) mass is 205 g/mol. The normalized spacial score (nSPS) is 15.7. The molecule has 82 valence electrons. The van der Waals surface area contributed by atoms with E-state index in [-0.39, 0.29) is 0 Å². The lowest BCUT2D eigenvalue weighted by Gasteiger charge is -2.26. The minimum atomic E-state index is 0.645. The van der Waals surface area contributed by atoms with Gasteiger partial charge in [0.1, 0.15) is 0 Å². The van der Waals surface area contributed by atoms with Gasteiger partial charge in [-0.15, -0.1) is 0 Å². The number of nitrogens with two attached hydrogens (primary N) is 1. The highest BCUT2D eigenvalue weighted by Gasteiger charge is 2.31. The van der Waals surface area contributed by atoms with Gasteiger partial charge >= 0.3 is 0 Å². The second-order valence-corrected chi connectivity index (χ2v) is 4.69. The Morgan fingerprint density at radius 3 is 2.80 bits per heavy atom. The SMILES string of the molecule is CC(C)CN(c1ncccc1N)C1CC1. The predicted molar refractivity (Wildman–Crippen MR) is 63.9 cm³/mol. The number of nitrogen functional groups attached to an aromatic ring is 1. The number of aromatic nitrogens is 1. The van der Waals surface area contributed by atoms with Crippen molar-refractivity contribution in [3.63, 3.8) is 0 Å². The van der Waals surface area contributed by atoms with Crippen molar-refractivity contribution in [3.05, 3.63) is 18.3 Å². The molecular formula is C12H19N3. The van der Waals surface area contributed by atoms with E-state index in [0.717, 1.165) is 18.1 Å². The molecule has 15 heavy (non-hydrogen) atoms. The molecule has 1 fully saturated rings. The average molecular weight is 205 g/mol. The molecule has 0 unspecified atom stereocenters. The van der Waals surface area contributed by atoms with E-state index in [2.05, 4.69) is 23.7 Å². The molecule has 1 aliphatic rings. The molecule has 1 aliphatic carbocycles. The number of hydrogen-bond acceptors (Lipinski definition) is 3. The summed E-state index contributed by atoms with van der Waals surface area (Å²) >= 11 is 0. The van der Waals surface area contributed by atoms with E-state index in [1.54, 1.807) is 0 Å². The Labute approximate surface area is 91.3 Å². The van der Waals surface area contributed by atoms with Crippen LogP contribution in [0.3, 0.4) is 0 Å². The topological polar surface area (TPSA) is 42.2 Å². The summed E-state index contributed by atoms with van der Waals surface area (Å²) in [6.07, 6.45) is 4.38. The molecule has 0 radical (unpaired) electrons. The second kappa shape index (κ2) is 4.09. The van der Waals surface area contributed by atoms with Gasteiger partial charge in [0.2, 0.25) is 0 Å². The van der Waals surface area contributed by atoms with E-state index < -0.39 is 0 Å². The zero-order chi connectivity index (χ0) is 10.8. The van der Waals surface area contributed by atoms with Crippen molar-refractivity contribution in [2.24, 2.45) is 5.92 Å². The summed E-state index contributed by atoms with van der Waals surface area (Å²) in [7, 11) is 0. The summed E-state index contributed by atoms with van der Waals surface area (Å²) in [4.78, 5) is 6.75. The second-order valence-electron chi connectivity index (χ2n) is 4.69. The molecule has 1 aromatic heterocycles. The summed E-state index contributed by atoms with van der Waals surface area (Å²) in [5.74, 6) is 1.61. The van der Waals surface area contributed by atoms with Crippen LogP contribution in [0.1, 0.15) is 26.7 Å². The first-order valence-electron chi connectivity index (χ1n) is 5.65. The van der Waals surface area contributed by atoms with Crippen molar-refractivity contribution in [3.8, 4) is 0 Å². The lowest BCUT2D eigenvalue weighted by atomic mass is 10.2. The van der Waals surface area contributed by atoms with E-state index >= 15 is 0 Å². The van der Waals surface area contributed by atoms with E-state index in [9.17, 15) is 0 Å². The quantitative estimate of drug-likeness (QED) is 0.820. The van der Waals surface area contributed by atoms with Crippen LogP contribution in [0.4, 0.5) is 11.5 Å². The van der Waals surface area contributed by atoms with Gasteiger partial charge in [0.15, 0.2) is 5.82 Å². The van der Waals surface area contributed by atoms with Crippen LogP contribution in [0.2, 0.25) is 0 Å². The van der Waals surface area contributed by atoms with Crippen LogP contribution in [0.15, 0.2) is 18.3 Å². The number of nitrogens with zero attached hydrogens (tertiary/aromatic N) is 2. The van der Waals surface area contributed by atoms with Gasteiger partial charge < -0.3 is 10.6 Å². The van der Waals surface area contributed by atoms with E-state index in [1.165, 1.54) is 12.8 Å². The van der Waals surface area contributed by atoms with Crippen molar-refractivity contribution in [2.75, 3.05) is 17.2 Å². The molecule has 2 N–H and O–H groups in total. The summed E-state index contributed by atoms with van der Waals surface area (Å²) in [5, 5.41) is 0. The fraction of sp³-hybridized carbons (Fsp3) is 0.583. The highest BCUT2D eigenvalue weighted by Crippen LogP contribution is 2.33. The van der Waals surface area contributed by atoms with E-state index in [1.807, 2.05) is 18.3 Å². The van der Waals surface area contributed by atoms with Gasteiger partial charge in [-0.1, -0.05) is 13.8 Å². The van der Waals surface area contributed by atoms with E-state index in [0.29, 0.717) is 12.0 Å². The number of anilines is 2. The van der Waals surface area contributed by atoms with Crippen LogP contribution in [0, 0.1) is 5.92 Å². The fourth-order valence-corrected chi connectivity index (χ4v) is 1.84. The van der Waals surface area contributed by atoms with Crippen LogP contribution in [-0.2, 0) is 0 Å². The molecule has 1 heterocycles. The Bertz CT molecular complexity index is 331. The highest BCUT2D eigenvalue weighted by molar-refractivity contribution is 5.63. The molecule has 0 atom stereocenters. The van der Waals surface area contributed by atoms with Crippen molar-refractivity contribution in [1.29, 1.82) is 0 Å². The molecule has 0 bridgehead atoms. The molecule has 0 aromatic carbocycles. The average Bonchev–Trinajstić information content (AvgIpc) is 2.98. The molecule has 0 spiro atoms. The Balaban J connectivity index is 2.20. The maximum Gasteiger partial charge on any atom is 0.152 e. The molecule has 0 aliphatic heterocycles. The first-order chi connectivity index (χ1) is 7.18. The molecular weight excluding hydrogens is 186 g/mol. The Morgan fingerprint density at radius 2 is 2.27 bits per heavy atom. The number of hydrogen-bond donors (Lipinski definition) is 1. The van der Waals surface area contributed by atoms with E-state index in [4.69, 9.17) is 5.73 Å². The largest absolute Gasteiger partial charge is 0.396 e. The molecule has 0 amide bonds. The summed E-state index contributed by atoms with van der Waals surface area (Å²) in [6, 6.07) is 4.49. The van der Waals surface area contributed by atoms with Crippen LogP contribution in [0.5, 0.6) is 0 Å². The van der Waals surface area contributed by atoms with Gasteiger partial charge in [-0.3, -0.25) is 0 Å². The van der Waals surface area contributed by atoms with Gasteiger partial charge in [0.25, 0.3) is 0 Å². The third-order valence-electron chi connectivity index (χ3n) is 2.64. The molecule has 1 aromatic rings. The summed E-state index contributed by atoms with van der Waals surface area (Å²) < 4.78 is 0. The zero-order valence-electron chi connectivity index (χ0n) is 9.48. The predicted octanol–water partition coefficient (Wildman–Crippen LogP) is 2.29. The first kappa shape index (κ1) is 10.3. The summed E-state index contributed by atoms with van der Waals surface area (Å²) in [5.41, 5.74) is 6.75. The molecule has 0 saturated heterocycles.